The lowest BCUT2D eigenvalue weighted by atomic mass is 10.1. The quantitative estimate of drug-likeness (QED) is 0.942. The van der Waals surface area contributed by atoms with Crippen LogP contribution in [0.15, 0.2) is 22.9 Å². The Kier molecular flexibility index (Phi) is 4.38. The molecule has 2 aromatic rings. The highest BCUT2D eigenvalue weighted by molar-refractivity contribution is 7.07. The van der Waals surface area contributed by atoms with Gasteiger partial charge in [0.05, 0.1) is 18.2 Å². The number of likely N-dealkylation sites (tertiary alicyclic amines) is 1. The second kappa shape index (κ2) is 6.44. The molecule has 0 radical (unpaired) electrons. The van der Waals surface area contributed by atoms with Crippen LogP contribution in [0.4, 0.5) is 5.82 Å². The number of hydrogen-bond acceptors (Lipinski definition) is 5. The van der Waals surface area contributed by atoms with E-state index in [1.165, 1.54) is 0 Å². The Labute approximate surface area is 134 Å². The zero-order chi connectivity index (χ0) is 15.5. The highest BCUT2D eigenvalue weighted by Gasteiger charge is 2.31. The maximum Gasteiger partial charge on any atom is 0.227 e. The summed E-state index contributed by atoms with van der Waals surface area (Å²) in [6, 6.07) is 4.04. The second-order valence-corrected chi connectivity index (χ2v) is 6.31. The number of anilines is 1. The standard InChI is InChI=1S/C16H20N4OS/c1-11-18-13(9-15(17-2)19-11)14-4-3-6-20(14)16(21)8-12-5-7-22-10-12/h5,7,9-10,14H,3-4,6,8H2,1-2H3,(H,17,18,19)/t14-/m0/s1. The van der Waals surface area contributed by atoms with Crippen molar-refractivity contribution >= 4 is 23.1 Å². The van der Waals surface area contributed by atoms with Crippen LogP contribution < -0.4 is 5.32 Å². The van der Waals surface area contributed by atoms with Gasteiger partial charge in [0, 0.05) is 19.7 Å². The van der Waals surface area contributed by atoms with Crippen molar-refractivity contribution in [3.05, 3.63) is 40.0 Å². The number of rotatable bonds is 4. The van der Waals surface area contributed by atoms with E-state index in [0.29, 0.717) is 6.42 Å². The maximum absolute atomic E-state index is 12.6. The minimum atomic E-state index is 0.0694. The van der Waals surface area contributed by atoms with Crippen LogP contribution in [0.2, 0.25) is 0 Å². The monoisotopic (exact) mass is 316 g/mol. The number of carbonyl (C=O) groups is 1. The number of thiophene rings is 1. The summed E-state index contributed by atoms with van der Waals surface area (Å²) in [7, 11) is 1.85. The number of nitrogens with one attached hydrogen (secondary N) is 1. The lowest BCUT2D eigenvalue weighted by molar-refractivity contribution is -0.131. The Morgan fingerprint density at radius 2 is 2.36 bits per heavy atom. The molecule has 0 aromatic carbocycles. The fraction of sp³-hybridized carbons (Fsp3) is 0.438. The molecule has 0 unspecified atom stereocenters. The van der Waals surface area contributed by atoms with E-state index in [-0.39, 0.29) is 11.9 Å². The third kappa shape index (κ3) is 3.11. The molecule has 0 saturated carbocycles. The molecular weight excluding hydrogens is 296 g/mol. The van der Waals surface area contributed by atoms with E-state index in [4.69, 9.17) is 0 Å². The number of carbonyl (C=O) groups excluding carboxylic acids is 1. The van der Waals surface area contributed by atoms with Gasteiger partial charge in [0.15, 0.2) is 0 Å². The van der Waals surface area contributed by atoms with E-state index in [1.807, 2.05) is 41.8 Å². The molecular formula is C16H20N4OS. The third-order valence-corrected chi connectivity index (χ3v) is 4.70. The highest BCUT2D eigenvalue weighted by atomic mass is 32.1. The molecule has 5 nitrogen and oxygen atoms in total. The summed E-state index contributed by atoms with van der Waals surface area (Å²) < 4.78 is 0. The summed E-state index contributed by atoms with van der Waals surface area (Å²) in [4.78, 5) is 23.5. The number of hydrogen-bond donors (Lipinski definition) is 1. The van der Waals surface area contributed by atoms with Gasteiger partial charge >= 0.3 is 0 Å². The van der Waals surface area contributed by atoms with Gasteiger partial charge in [-0.15, -0.1) is 0 Å². The van der Waals surface area contributed by atoms with Gasteiger partial charge in [-0.1, -0.05) is 0 Å². The van der Waals surface area contributed by atoms with Gasteiger partial charge in [0.25, 0.3) is 0 Å². The van der Waals surface area contributed by atoms with Crippen LogP contribution in [-0.4, -0.2) is 34.4 Å². The summed E-state index contributed by atoms with van der Waals surface area (Å²) in [6.07, 6.45) is 2.47. The van der Waals surface area contributed by atoms with Crippen molar-refractivity contribution in [2.45, 2.75) is 32.2 Å². The van der Waals surface area contributed by atoms with Gasteiger partial charge in [-0.25, -0.2) is 9.97 Å². The SMILES string of the molecule is CNc1cc([C@@H]2CCCN2C(=O)Cc2ccsc2)nc(C)n1. The molecule has 3 rings (SSSR count). The van der Waals surface area contributed by atoms with Crippen molar-refractivity contribution in [1.82, 2.24) is 14.9 Å². The van der Waals surface area contributed by atoms with Crippen LogP contribution >= 0.6 is 11.3 Å². The van der Waals surface area contributed by atoms with Crippen LogP contribution in [0.25, 0.3) is 0 Å². The van der Waals surface area contributed by atoms with Crippen molar-refractivity contribution in [3.8, 4) is 0 Å². The predicted molar refractivity (Wildman–Crippen MR) is 88.0 cm³/mol. The number of nitrogens with zero attached hydrogens (tertiary/aromatic N) is 3. The molecule has 1 saturated heterocycles. The Balaban J connectivity index is 1.80. The average Bonchev–Trinajstić information content (AvgIpc) is 3.17. The van der Waals surface area contributed by atoms with Gasteiger partial charge in [-0.05, 0) is 42.2 Å². The largest absolute Gasteiger partial charge is 0.373 e. The van der Waals surface area contributed by atoms with Gasteiger partial charge in [0.1, 0.15) is 11.6 Å². The highest BCUT2D eigenvalue weighted by Crippen LogP contribution is 2.32. The molecule has 0 aliphatic carbocycles. The normalized spacial score (nSPS) is 17.7. The first-order chi connectivity index (χ1) is 10.7. The lowest BCUT2D eigenvalue weighted by Crippen LogP contribution is -2.32. The number of aromatic nitrogens is 2. The van der Waals surface area contributed by atoms with E-state index >= 15 is 0 Å². The van der Waals surface area contributed by atoms with E-state index < -0.39 is 0 Å². The Morgan fingerprint density at radius 1 is 1.50 bits per heavy atom. The molecule has 1 aliphatic heterocycles. The van der Waals surface area contributed by atoms with Crippen LogP contribution in [0.3, 0.4) is 0 Å². The zero-order valence-electron chi connectivity index (χ0n) is 12.9. The zero-order valence-corrected chi connectivity index (χ0v) is 13.7. The molecule has 116 valence electrons. The van der Waals surface area contributed by atoms with Crippen molar-refractivity contribution in [2.75, 3.05) is 18.9 Å². The molecule has 0 bridgehead atoms. The van der Waals surface area contributed by atoms with Crippen molar-refractivity contribution in [3.63, 3.8) is 0 Å². The molecule has 1 fully saturated rings. The smallest absolute Gasteiger partial charge is 0.227 e. The fourth-order valence-corrected chi connectivity index (χ4v) is 3.60. The van der Waals surface area contributed by atoms with Crippen molar-refractivity contribution < 1.29 is 4.79 Å². The molecule has 2 aromatic heterocycles. The van der Waals surface area contributed by atoms with Gasteiger partial charge in [-0.3, -0.25) is 4.79 Å². The maximum atomic E-state index is 12.6. The van der Waals surface area contributed by atoms with Crippen LogP contribution in [0.1, 0.15) is 36.0 Å². The number of amides is 1. The van der Waals surface area contributed by atoms with Crippen LogP contribution in [0.5, 0.6) is 0 Å². The lowest BCUT2D eigenvalue weighted by Gasteiger charge is -2.24. The Morgan fingerprint density at radius 3 is 3.09 bits per heavy atom. The van der Waals surface area contributed by atoms with Gasteiger partial charge in [-0.2, -0.15) is 11.3 Å². The summed E-state index contributed by atoms with van der Waals surface area (Å²) in [5, 5.41) is 7.11. The minimum Gasteiger partial charge on any atom is -0.373 e. The van der Waals surface area contributed by atoms with Gasteiger partial charge < -0.3 is 10.2 Å². The Hall–Kier alpha value is -1.95. The average molecular weight is 316 g/mol. The topological polar surface area (TPSA) is 58.1 Å². The molecule has 22 heavy (non-hydrogen) atoms. The number of aryl methyl sites for hydroxylation is 1. The van der Waals surface area contributed by atoms with Crippen molar-refractivity contribution in [2.24, 2.45) is 0 Å². The third-order valence-electron chi connectivity index (χ3n) is 3.96. The predicted octanol–water partition coefficient (Wildman–Crippen LogP) is 2.79. The van der Waals surface area contributed by atoms with E-state index in [1.54, 1.807) is 11.3 Å². The van der Waals surface area contributed by atoms with Crippen molar-refractivity contribution in [1.29, 1.82) is 0 Å². The van der Waals surface area contributed by atoms with E-state index in [0.717, 1.165) is 42.3 Å². The summed E-state index contributed by atoms with van der Waals surface area (Å²) in [6.45, 7) is 2.70. The van der Waals surface area contributed by atoms with E-state index in [2.05, 4.69) is 15.3 Å². The summed E-state index contributed by atoms with van der Waals surface area (Å²) in [5.74, 6) is 1.72. The second-order valence-electron chi connectivity index (χ2n) is 5.53. The molecule has 1 amide bonds. The van der Waals surface area contributed by atoms with Crippen LogP contribution in [-0.2, 0) is 11.2 Å². The molecule has 1 atom stereocenters. The molecule has 6 heteroatoms. The van der Waals surface area contributed by atoms with Crippen LogP contribution in [0, 0.1) is 6.92 Å². The molecule has 1 N–H and O–H groups in total. The Bertz CT molecular complexity index is 656. The summed E-state index contributed by atoms with van der Waals surface area (Å²) >= 11 is 1.63. The van der Waals surface area contributed by atoms with Gasteiger partial charge in [0.2, 0.25) is 5.91 Å². The first kappa shape index (κ1) is 15.0. The first-order valence-electron chi connectivity index (χ1n) is 7.51. The summed E-state index contributed by atoms with van der Waals surface area (Å²) in [5.41, 5.74) is 2.03. The minimum absolute atomic E-state index is 0.0694. The first-order valence-corrected chi connectivity index (χ1v) is 8.45. The molecule has 0 spiro atoms. The molecule has 1 aliphatic rings. The fourth-order valence-electron chi connectivity index (χ4n) is 2.93. The molecule has 3 heterocycles. The van der Waals surface area contributed by atoms with E-state index in [9.17, 15) is 4.79 Å².